The Bertz CT molecular complexity index is 276. The highest BCUT2D eigenvalue weighted by Crippen LogP contribution is 2.06. The smallest absolute Gasteiger partial charge is 0.325 e. The lowest BCUT2D eigenvalue weighted by atomic mass is 10.4. The van der Waals surface area contributed by atoms with E-state index in [-0.39, 0.29) is 12.5 Å². The largest absolute Gasteiger partial charge is 0.468 e. The van der Waals surface area contributed by atoms with E-state index in [0.717, 1.165) is 5.69 Å². The van der Waals surface area contributed by atoms with Gasteiger partial charge in [-0.25, -0.2) is 9.97 Å². The molecule has 0 radical (unpaired) electrons. The molecule has 0 aliphatic rings. The Morgan fingerprint density at radius 1 is 1.54 bits per heavy atom. The summed E-state index contributed by atoms with van der Waals surface area (Å²) in [6, 6.07) is 0. The summed E-state index contributed by atoms with van der Waals surface area (Å²) >= 11 is 0. The normalized spacial score (nSPS) is 9.38. The maximum Gasteiger partial charge on any atom is 0.325 e. The minimum Gasteiger partial charge on any atom is -0.468 e. The molecule has 0 saturated heterocycles. The molecule has 0 aliphatic carbocycles. The van der Waals surface area contributed by atoms with Crippen LogP contribution in [0.3, 0.4) is 0 Å². The number of carbonyl (C=O) groups excluding carboxylic acids is 1. The summed E-state index contributed by atoms with van der Waals surface area (Å²) in [6.07, 6.45) is 4.71. The van der Waals surface area contributed by atoms with Gasteiger partial charge in [-0.15, -0.1) is 0 Å². The van der Waals surface area contributed by atoms with E-state index in [4.69, 9.17) is 0 Å². The molecular weight excluding hydrogens is 170 g/mol. The summed E-state index contributed by atoms with van der Waals surface area (Å²) in [5.74, 6) is -0.286. The van der Waals surface area contributed by atoms with Crippen LogP contribution in [0.4, 0.5) is 5.69 Å². The molecule has 1 rings (SSSR count). The maximum atomic E-state index is 10.9. The second-order valence-electron chi connectivity index (χ2n) is 2.53. The molecule has 0 unspecified atom stereocenters. The molecule has 13 heavy (non-hydrogen) atoms. The fraction of sp³-hybridized carbons (Fsp3) is 0.375. The number of ether oxygens (including phenoxy) is 1. The number of likely N-dealkylation sites (N-methyl/N-ethyl adjacent to an activating group) is 1. The minimum atomic E-state index is -0.286. The van der Waals surface area contributed by atoms with Crippen LogP contribution in [0.15, 0.2) is 18.7 Å². The number of esters is 1. The monoisotopic (exact) mass is 181 g/mol. The molecule has 0 atom stereocenters. The van der Waals surface area contributed by atoms with Crippen molar-refractivity contribution in [2.45, 2.75) is 0 Å². The first-order chi connectivity index (χ1) is 6.24. The molecule has 0 bridgehead atoms. The summed E-state index contributed by atoms with van der Waals surface area (Å²) in [4.78, 5) is 20.3. The van der Waals surface area contributed by atoms with Crippen molar-refractivity contribution >= 4 is 11.7 Å². The van der Waals surface area contributed by atoms with E-state index in [2.05, 4.69) is 14.7 Å². The Labute approximate surface area is 76.4 Å². The highest BCUT2D eigenvalue weighted by atomic mass is 16.5. The minimum absolute atomic E-state index is 0.198. The molecule has 5 nitrogen and oxygen atoms in total. The third-order valence-electron chi connectivity index (χ3n) is 1.58. The van der Waals surface area contributed by atoms with E-state index in [1.807, 2.05) is 0 Å². The topological polar surface area (TPSA) is 55.3 Å². The maximum absolute atomic E-state index is 10.9. The third-order valence-corrected chi connectivity index (χ3v) is 1.58. The molecule has 0 saturated carbocycles. The van der Waals surface area contributed by atoms with Crippen molar-refractivity contribution in [1.82, 2.24) is 9.97 Å². The second-order valence-corrected chi connectivity index (χ2v) is 2.53. The number of methoxy groups -OCH3 is 1. The Hall–Kier alpha value is -1.65. The first-order valence-corrected chi connectivity index (χ1v) is 3.77. The molecule has 0 fully saturated rings. The zero-order valence-electron chi connectivity index (χ0n) is 7.60. The standard InChI is InChI=1S/C8H11N3O2/c1-11(5-8(12)13-2)7-3-9-6-10-4-7/h3-4,6H,5H2,1-2H3. The summed E-state index contributed by atoms with van der Waals surface area (Å²) in [6.45, 7) is 0.198. The number of nitrogens with zero attached hydrogens (tertiary/aromatic N) is 3. The fourth-order valence-corrected chi connectivity index (χ4v) is 0.838. The molecule has 1 aromatic rings. The van der Waals surface area contributed by atoms with Gasteiger partial charge in [0.05, 0.1) is 25.2 Å². The number of rotatable bonds is 3. The van der Waals surface area contributed by atoms with E-state index in [1.165, 1.54) is 13.4 Å². The summed E-state index contributed by atoms with van der Waals surface area (Å²) in [5.41, 5.74) is 0.785. The van der Waals surface area contributed by atoms with Crippen molar-refractivity contribution in [3.63, 3.8) is 0 Å². The van der Waals surface area contributed by atoms with Crippen molar-refractivity contribution in [2.75, 3.05) is 25.6 Å². The van der Waals surface area contributed by atoms with Gasteiger partial charge in [-0.05, 0) is 0 Å². The van der Waals surface area contributed by atoms with E-state index < -0.39 is 0 Å². The highest BCUT2D eigenvalue weighted by Gasteiger charge is 2.06. The van der Waals surface area contributed by atoms with Gasteiger partial charge in [0.1, 0.15) is 12.9 Å². The third kappa shape index (κ3) is 2.70. The molecule has 1 aromatic heterocycles. The van der Waals surface area contributed by atoms with Gasteiger partial charge >= 0.3 is 5.97 Å². The van der Waals surface area contributed by atoms with Crippen molar-refractivity contribution in [2.24, 2.45) is 0 Å². The fourth-order valence-electron chi connectivity index (χ4n) is 0.838. The van der Waals surface area contributed by atoms with Gasteiger partial charge in [0.25, 0.3) is 0 Å². The average molecular weight is 181 g/mol. The van der Waals surface area contributed by atoms with Gasteiger partial charge < -0.3 is 9.64 Å². The molecule has 70 valence electrons. The SMILES string of the molecule is COC(=O)CN(C)c1cncnc1. The lowest BCUT2D eigenvalue weighted by Crippen LogP contribution is -2.26. The van der Waals surface area contributed by atoms with Crippen LogP contribution in [0.1, 0.15) is 0 Å². The predicted octanol–water partition coefficient (Wildman–Crippen LogP) is 0.0858. The number of anilines is 1. The zero-order valence-corrected chi connectivity index (χ0v) is 7.60. The van der Waals surface area contributed by atoms with Crippen LogP contribution in [-0.4, -0.2) is 36.6 Å². The van der Waals surface area contributed by atoms with Crippen LogP contribution < -0.4 is 4.90 Å². The van der Waals surface area contributed by atoms with Crippen LogP contribution in [0.5, 0.6) is 0 Å². The zero-order chi connectivity index (χ0) is 9.68. The summed E-state index contributed by atoms with van der Waals surface area (Å²) < 4.78 is 4.52. The Morgan fingerprint density at radius 2 is 2.15 bits per heavy atom. The molecule has 0 N–H and O–H groups in total. The van der Waals surface area contributed by atoms with Gasteiger partial charge in [-0.1, -0.05) is 0 Å². The van der Waals surface area contributed by atoms with Gasteiger partial charge in [0, 0.05) is 7.05 Å². The van der Waals surface area contributed by atoms with E-state index in [1.54, 1.807) is 24.3 Å². The van der Waals surface area contributed by atoms with E-state index in [9.17, 15) is 4.79 Å². The van der Waals surface area contributed by atoms with Gasteiger partial charge in [0.2, 0.25) is 0 Å². The van der Waals surface area contributed by atoms with Crippen molar-refractivity contribution in [3.05, 3.63) is 18.7 Å². The summed E-state index contributed by atoms with van der Waals surface area (Å²) in [5, 5.41) is 0. The molecule has 1 heterocycles. The molecule has 0 aromatic carbocycles. The first-order valence-electron chi connectivity index (χ1n) is 3.77. The summed E-state index contributed by atoms with van der Waals surface area (Å²) in [7, 11) is 3.13. The Morgan fingerprint density at radius 3 is 2.69 bits per heavy atom. The van der Waals surface area contributed by atoms with Crippen LogP contribution in [0.25, 0.3) is 0 Å². The van der Waals surface area contributed by atoms with Crippen molar-refractivity contribution < 1.29 is 9.53 Å². The number of hydrogen-bond donors (Lipinski definition) is 0. The van der Waals surface area contributed by atoms with Gasteiger partial charge in [0.15, 0.2) is 0 Å². The number of hydrogen-bond acceptors (Lipinski definition) is 5. The van der Waals surface area contributed by atoms with Crippen LogP contribution >= 0.6 is 0 Å². The Balaban J connectivity index is 2.59. The second kappa shape index (κ2) is 4.39. The predicted molar refractivity (Wildman–Crippen MR) is 47.3 cm³/mol. The first kappa shape index (κ1) is 9.44. The van der Waals surface area contributed by atoms with Crippen LogP contribution in [0, 0.1) is 0 Å². The Kier molecular flexibility index (Phi) is 3.19. The number of carbonyl (C=O) groups is 1. The van der Waals surface area contributed by atoms with Gasteiger partial charge in [-0.3, -0.25) is 4.79 Å². The van der Waals surface area contributed by atoms with E-state index >= 15 is 0 Å². The quantitative estimate of drug-likeness (QED) is 0.618. The average Bonchev–Trinajstić information content (AvgIpc) is 2.19. The van der Waals surface area contributed by atoms with E-state index in [0.29, 0.717) is 0 Å². The van der Waals surface area contributed by atoms with Crippen molar-refractivity contribution in [3.8, 4) is 0 Å². The van der Waals surface area contributed by atoms with Crippen LogP contribution in [-0.2, 0) is 9.53 Å². The van der Waals surface area contributed by atoms with Crippen LogP contribution in [0.2, 0.25) is 0 Å². The lowest BCUT2D eigenvalue weighted by Gasteiger charge is -2.15. The van der Waals surface area contributed by atoms with Gasteiger partial charge in [-0.2, -0.15) is 0 Å². The molecular formula is C8H11N3O2. The molecule has 0 amide bonds. The molecule has 5 heteroatoms. The lowest BCUT2D eigenvalue weighted by molar-refractivity contribution is -0.138. The molecule has 0 spiro atoms. The highest BCUT2D eigenvalue weighted by molar-refractivity contribution is 5.75. The van der Waals surface area contributed by atoms with Crippen molar-refractivity contribution in [1.29, 1.82) is 0 Å². The number of aromatic nitrogens is 2. The molecule has 0 aliphatic heterocycles.